The largest absolute Gasteiger partial charge is 0.352 e. The van der Waals surface area contributed by atoms with E-state index in [2.05, 4.69) is 10.3 Å². The van der Waals surface area contributed by atoms with Gasteiger partial charge in [0.15, 0.2) is 0 Å². The molecule has 1 aromatic heterocycles. The van der Waals surface area contributed by atoms with Crippen molar-refractivity contribution in [3.63, 3.8) is 0 Å². The smallest absolute Gasteiger partial charge is 0.255 e. The molecule has 4 rings (SSSR count). The minimum atomic E-state index is -0.0660. The van der Waals surface area contributed by atoms with E-state index in [1.165, 1.54) is 6.92 Å². The highest BCUT2D eigenvalue weighted by Gasteiger charge is 2.32. The maximum atomic E-state index is 13.5. The number of nitrogens with zero attached hydrogens (tertiary/aromatic N) is 2. The maximum Gasteiger partial charge on any atom is 0.255 e. The molecule has 0 saturated carbocycles. The molecule has 5 nitrogen and oxygen atoms in total. The predicted molar refractivity (Wildman–Crippen MR) is 117 cm³/mol. The van der Waals surface area contributed by atoms with Gasteiger partial charge in [0.05, 0.1) is 11.7 Å². The summed E-state index contributed by atoms with van der Waals surface area (Å²) in [4.78, 5) is 31.2. The molecule has 2 aromatic carbocycles. The zero-order valence-electron chi connectivity index (χ0n) is 17.0. The molecule has 0 unspecified atom stereocenters. The van der Waals surface area contributed by atoms with Crippen molar-refractivity contribution in [2.24, 2.45) is 0 Å². The highest BCUT2D eigenvalue weighted by molar-refractivity contribution is 6.01. The zero-order chi connectivity index (χ0) is 20.9. The maximum absolute atomic E-state index is 13.5. The van der Waals surface area contributed by atoms with E-state index in [1.54, 1.807) is 6.20 Å². The number of likely N-dealkylation sites (tertiary alicyclic amines) is 1. The minimum Gasteiger partial charge on any atom is -0.352 e. The van der Waals surface area contributed by atoms with E-state index in [9.17, 15) is 9.59 Å². The van der Waals surface area contributed by atoms with Gasteiger partial charge in [-0.25, -0.2) is 0 Å². The van der Waals surface area contributed by atoms with Crippen molar-refractivity contribution in [3.05, 3.63) is 89.7 Å². The standard InChI is InChI=1S/C25H25N3O2/c1-18(29)26-16-19-13-14-23(27-17-19)24-12-7-15-28(24)25(30)22-11-6-5-10-21(22)20-8-3-2-4-9-20/h2-6,8-11,13-14,17,24H,7,12,15-16H2,1H3,(H,26,29)/t24-/m0/s1. The van der Waals surface area contributed by atoms with Crippen LogP contribution in [-0.2, 0) is 11.3 Å². The number of nitrogens with one attached hydrogen (secondary N) is 1. The molecule has 1 atom stereocenters. The average molecular weight is 399 g/mol. The average Bonchev–Trinajstić information content (AvgIpc) is 3.28. The third-order valence-corrected chi connectivity index (χ3v) is 5.49. The Balaban J connectivity index is 1.57. The van der Waals surface area contributed by atoms with E-state index >= 15 is 0 Å². The van der Waals surface area contributed by atoms with Crippen molar-refractivity contribution in [1.29, 1.82) is 0 Å². The van der Waals surface area contributed by atoms with Crippen molar-refractivity contribution < 1.29 is 9.59 Å². The second-order valence-corrected chi connectivity index (χ2v) is 7.57. The summed E-state index contributed by atoms with van der Waals surface area (Å²) in [7, 11) is 0. The van der Waals surface area contributed by atoms with Crippen molar-refractivity contribution in [2.75, 3.05) is 6.54 Å². The summed E-state index contributed by atoms with van der Waals surface area (Å²) in [5.41, 5.74) is 4.55. The normalized spacial score (nSPS) is 15.8. The summed E-state index contributed by atoms with van der Waals surface area (Å²) in [6.45, 7) is 2.68. The summed E-state index contributed by atoms with van der Waals surface area (Å²) in [6.07, 6.45) is 3.64. The molecule has 1 aliphatic heterocycles. The Morgan fingerprint density at radius 1 is 1.03 bits per heavy atom. The molecule has 152 valence electrons. The molecule has 1 saturated heterocycles. The molecular weight excluding hydrogens is 374 g/mol. The van der Waals surface area contributed by atoms with Crippen molar-refractivity contribution in [3.8, 4) is 11.1 Å². The van der Waals surface area contributed by atoms with Crippen molar-refractivity contribution >= 4 is 11.8 Å². The molecule has 2 amide bonds. The molecule has 1 aliphatic rings. The SMILES string of the molecule is CC(=O)NCc1ccc([C@@H]2CCCN2C(=O)c2ccccc2-c2ccccc2)nc1. The lowest BCUT2D eigenvalue weighted by Crippen LogP contribution is -2.31. The lowest BCUT2D eigenvalue weighted by molar-refractivity contribution is -0.119. The Kier molecular flexibility index (Phi) is 5.89. The molecule has 0 aliphatic carbocycles. The first-order valence-corrected chi connectivity index (χ1v) is 10.3. The van der Waals surface area contributed by atoms with Crippen LogP contribution in [0.1, 0.15) is 47.4 Å². The van der Waals surface area contributed by atoms with E-state index in [0.29, 0.717) is 6.54 Å². The van der Waals surface area contributed by atoms with Gasteiger partial charge in [-0.1, -0.05) is 54.6 Å². The number of amides is 2. The molecule has 3 aromatic rings. The van der Waals surface area contributed by atoms with Crippen molar-refractivity contribution in [2.45, 2.75) is 32.4 Å². The Hall–Kier alpha value is -3.47. The van der Waals surface area contributed by atoms with Crippen LogP contribution in [0, 0.1) is 0 Å². The van der Waals surface area contributed by atoms with Crippen LogP contribution < -0.4 is 5.32 Å². The van der Waals surface area contributed by atoms with Gasteiger partial charge < -0.3 is 10.2 Å². The van der Waals surface area contributed by atoms with Crippen LogP contribution in [0.4, 0.5) is 0 Å². The molecule has 30 heavy (non-hydrogen) atoms. The van der Waals surface area contributed by atoms with Gasteiger partial charge in [-0.05, 0) is 41.7 Å². The quantitative estimate of drug-likeness (QED) is 0.693. The summed E-state index contributed by atoms with van der Waals surface area (Å²) < 4.78 is 0. The van der Waals surface area contributed by atoms with Gasteiger partial charge in [0.1, 0.15) is 0 Å². The molecule has 1 fully saturated rings. The van der Waals surface area contributed by atoms with Crippen LogP contribution in [0.25, 0.3) is 11.1 Å². The Bertz CT molecular complexity index is 1030. The second-order valence-electron chi connectivity index (χ2n) is 7.57. The Morgan fingerprint density at radius 3 is 2.53 bits per heavy atom. The summed E-state index contributed by atoms with van der Waals surface area (Å²) >= 11 is 0. The summed E-state index contributed by atoms with van der Waals surface area (Å²) in [5.74, 6) is -0.0233. The van der Waals surface area contributed by atoms with Crippen LogP contribution in [-0.4, -0.2) is 28.2 Å². The Labute approximate surface area is 176 Å². The number of carbonyl (C=O) groups is 2. The highest BCUT2D eigenvalue weighted by Crippen LogP contribution is 2.34. The van der Waals surface area contributed by atoms with E-state index in [-0.39, 0.29) is 17.9 Å². The van der Waals surface area contributed by atoms with Gasteiger partial charge in [0.2, 0.25) is 5.91 Å². The lowest BCUT2D eigenvalue weighted by Gasteiger charge is -2.25. The number of rotatable bonds is 5. The third kappa shape index (κ3) is 4.25. The third-order valence-electron chi connectivity index (χ3n) is 5.49. The van der Waals surface area contributed by atoms with Crippen LogP contribution in [0.15, 0.2) is 72.9 Å². The van der Waals surface area contributed by atoms with Crippen LogP contribution >= 0.6 is 0 Å². The number of hydrogen-bond acceptors (Lipinski definition) is 3. The number of benzene rings is 2. The monoisotopic (exact) mass is 399 g/mol. The molecule has 0 radical (unpaired) electrons. The van der Waals surface area contributed by atoms with Gasteiger partial charge in [0.25, 0.3) is 5.91 Å². The zero-order valence-corrected chi connectivity index (χ0v) is 17.0. The van der Waals surface area contributed by atoms with E-state index in [1.807, 2.05) is 71.6 Å². The predicted octanol–water partition coefficient (Wildman–Crippen LogP) is 4.36. The fourth-order valence-corrected chi connectivity index (χ4v) is 3.98. The highest BCUT2D eigenvalue weighted by atomic mass is 16.2. The fourth-order valence-electron chi connectivity index (χ4n) is 3.98. The Morgan fingerprint density at radius 2 is 1.80 bits per heavy atom. The van der Waals surface area contributed by atoms with Gasteiger partial charge in [-0.15, -0.1) is 0 Å². The fraction of sp³-hybridized carbons (Fsp3) is 0.240. The molecular formula is C25H25N3O2. The first-order chi connectivity index (χ1) is 14.6. The molecule has 2 heterocycles. The topological polar surface area (TPSA) is 62.3 Å². The second kappa shape index (κ2) is 8.91. The van der Waals surface area contributed by atoms with Crippen molar-refractivity contribution in [1.82, 2.24) is 15.2 Å². The lowest BCUT2D eigenvalue weighted by atomic mass is 9.98. The van der Waals surface area contributed by atoms with Gasteiger partial charge in [-0.3, -0.25) is 14.6 Å². The van der Waals surface area contributed by atoms with Gasteiger partial charge >= 0.3 is 0 Å². The van der Waals surface area contributed by atoms with Crippen LogP contribution in [0.5, 0.6) is 0 Å². The van der Waals surface area contributed by atoms with Crippen LogP contribution in [0.3, 0.4) is 0 Å². The summed E-state index contributed by atoms with van der Waals surface area (Å²) in [6, 6.07) is 21.7. The van der Waals surface area contributed by atoms with E-state index < -0.39 is 0 Å². The number of aromatic nitrogens is 1. The summed E-state index contributed by atoms with van der Waals surface area (Å²) in [5, 5.41) is 2.78. The van der Waals surface area contributed by atoms with E-state index in [4.69, 9.17) is 0 Å². The minimum absolute atomic E-state index is 0.0313. The molecule has 0 spiro atoms. The molecule has 5 heteroatoms. The first-order valence-electron chi connectivity index (χ1n) is 10.3. The number of pyridine rings is 1. The van der Waals surface area contributed by atoms with E-state index in [0.717, 1.165) is 47.3 Å². The van der Waals surface area contributed by atoms with Gasteiger partial charge in [-0.2, -0.15) is 0 Å². The molecule has 0 bridgehead atoms. The first kappa shape index (κ1) is 19.8. The van der Waals surface area contributed by atoms with Gasteiger partial charge in [0, 0.05) is 31.8 Å². The number of carbonyl (C=O) groups excluding carboxylic acids is 2. The molecule has 1 N–H and O–H groups in total. The number of hydrogen-bond donors (Lipinski definition) is 1. The van der Waals surface area contributed by atoms with Crippen LogP contribution in [0.2, 0.25) is 0 Å².